The second-order valence-corrected chi connectivity index (χ2v) is 7.34. The SMILES string of the molecule is CCCC(=O)N[C@@H](c1ccc(N(C)C)cc1)c1cc(Cl)c2cccnc2c1O. The van der Waals surface area contributed by atoms with Gasteiger partial charge in [-0.05, 0) is 42.3 Å². The van der Waals surface area contributed by atoms with Gasteiger partial charge >= 0.3 is 0 Å². The van der Waals surface area contributed by atoms with Crippen LogP contribution in [0.2, 0.25) is 5.02 Å². The summed E-state index contributed by atoms with van der Waals surface area (Å²) in [5, 5.41) is 15.1. The van der Waals surface area contributed by atoms with Crippen molar-refractivity contribution >= 4 is 34.1 Å². The fourth-order valence-electron chi connectivity index (χ4n) is 3.19. The predicted octanol–water partition coefficient (Wildman–Crippen LogP) is 4.67. The molecule has 0 spiro atoms. The zero-order chi connectivity index (χ0) is 20.3. The number of carbonyl (C=O) groups excluding carboxylic acids is 1. The van der Waals surface area contributed by atoms with Gasteiger partial charge in [-0.25, -0.2) is 0 Å². The minimum atomic E-state index is -0.529. The highest BCUT2D eigenvalue weighted by Gasteiger charge is 2.23. The summed E-state index contributed by atoms with van der Waals surface area (Å²) in [6.07, 6.45) is 2.76. The van der Waals surface area contributed by atoms with Gasteiger partial charge in [0.05, 0.1) is 11.1 Å². The van der Waals surface area contributed by atoms with E-state index in [1.165, 1.54) is 0 Å². The molecule has 146 valence electrons. The molecule has 5 nitrogen and oxygen atoms in total. The molecule has 1 heterocycles. The Morgan fingerprint density at radius 2 is 1.96 bits per heavy atom. The van der Waals surface area contributed by atoms with E-state index < -0.39 is 6.04 Å². The summed E-state index contributed by atoms with van der Waals surface area (Å²) < 4.78 is 0. The molecule has 0 aliphatic heterocycles. The standard InChI is InChI=1S/C22H24ClN3O2/c1-4-6-19(27)25-20(14-8-10-15(11-9-14)26(2)3)17-13-18(23)16-7-5-12-24-21(16)22(17)28/h5,7-13,20,28H,4,6H2,1-3H3,(H,25,27)/t20-/m0/s1. The van der Waals surface area contributed by atoms with Gasteiger partial charge in [0.1, 0.15) is 11.3 Å². The van der Waals surface area contributed by atoms with Crippen molar-refractivity contribution < 1.29 is 9.90 Å². The van der Waals surface area contributed by atoms with Crippen LogP contribution in [0, 0.1) is 0 Å². The van der Waals surface area contributed by atoms with Crippen molar-refractivity contribution in [2.75, 3.05) is 19.0 Å². The second kappa shape index (κ2) is 8.48. The molecule has 0 bridgehead atoms. The highest BCUT2D eigenvalue weighted by atomic mass is 35.5. The molecule has 3 rings (SSSR count). The fraction of sp³-hybridized carbons (Fsp3) is 0.273. The lowest BCUT2D eigenvalue weighted by Crippen LogP contribution is -2.29. The first kappa shape index (κ1) is 20.0. The molecule has 2 N–H and O–H groups in total. The number of pyridine rings is 1. The van der Waals surface area contributed by atoms with Crippen molar-refractivity contribution in [3.63, 3.8) is 0 Å². The zero-order valence-electron chi connectivity index (χ0n) is 16.2. The van der Waals surface area contributed by atoms with Crippen molar-refractivity contribution in [1.29, 1.82) is 0 Å². The first-order valence-corrected chi connectivity index (χ1v) is 9.63. The van der Waals surface area contributed by atoms with Gasteiger partial charge < -0.3 is 15.3 Å². The van der Waals surface area contributed by atoms with Gasteiger partial charge in [-0.3, -0.25) is 9.78 Å². The van der Waals surface area contributed by atoms with Crippen LogP contribution < -0.4 is 10.2 Å². The van der Waals surface area contributed by atoms with E-state index in [9.17, 15) is 9.90 Å². The Morgan fingerprint density at radius 1 is 1.25 bits per heavy atom. The molecule has 0 saturated carbocycles. The average molecular weight is 398 g/mol. The maximum Gasteiger partial charge on any atom is 0.220 e. The number of amides is 1. The van der Waals surface area contributed by atoms with Gasteiger partial charge in [-0.15, -0.1) is 0 Å². The molecule has 3 aromatic rings. The fourth-order valence-corrected chi connectivity index (χ4v) is 3.46. The van der Waals surface area contributed by atoms with Crippen LogP contribution in [-0.4, -0.2) is 30.1 Å². The van der Waals surface area contributed by atoms with Crippen molar-refractivity contribution in [2.24, 2.45) is 0 Å². The van der Waals surface area contributed by atoms with Gasteiger partial charge in [0.2, 0.25) is 5.91 Å². The summed E-state index contributed by atoms with van der Waals surface area (Å²) in [6.45, 7) is 1.95. The molecule has 0 aliphatic carbocycles. The largest absolute Gasteiger partial charge is 0.505 e. The molecule has 28 heavy (non-hydrogen) atoms. The molecular formula is C22H24ClN3O2. The van der Waals surface area contributed by atoms with Gasteiger partial charge in [0, 0.05) is 43.4 Å². The predicted molar refractivity (Wildman–Crippen MR) is 114 cm³/mol. The molecule has 0 aliphatic rings. The average Bonchev–Trinajstić information content (AvgIpc) is 2.69. The number of aromatic nitrogens is 1. The maximum absolute atomic E-state index is 12.4. The monoisotopic (exact) mass is 397 g/mol. The molecule has 6 heteroatoms. The van der Waals surface area contributed by atoms with Crippen LogP contribution in [-0.2, 0) is 4.79 Å². The van der Waals surface area contributed by atoms with Crippen molar-refractivity contribution in [1.82, 2.24) is 10.3 Å². The highest BCUT2D eigenvalue weighted by Crippen LogP contribution is 2.38. The van der Waals surface area contributed by atoms with E-state index in [1.54, 1.807) is 18.3 Å². The topological polar surface area (TPSA) is 65.5 Å². The number of rotatable bonds is 6. The normalized spacial score (nSPS) is 12.0. The van der Waals surface area contributed by atoms with E-state index in [4.69, 9.17) is 11.6 Å². The van der Waals surface area contributed by atoms with Gasteiger partial charge in [0.25, 0.3) is 0 Å². The molecule has 0 unspecified atom stereocenters. The summed E-state index contributed by atoms with van der Waals surface area (Å²) in [7, 11) is 3.94. The smallest absolute Gasteiger partial charge is 0.220 e. The number of anilines is 1. The minimum absolute atomic E-state index is 0.0264. The van der Waals surface area contributed by atoms with Crippen LogP contribution in [0.3, 0.4) is 0 Å². The molecular weight excluding hydrogens is 374 g/mol. The number of benzene rings is 2. The number of nitrogens with zero attached hydrogens (tertiary/aromatic N) is 2. The summed E-state index contributed by atoms with van der Waals surface area (Å²) in [5.41, 5.74) is 2.85. The molecule has 2 aromatic carbocycles. The molecule has 1 amide bonds. The van der Waals surface area contributed by atoms with Crippen molar-refractivity contribution in [2.45, 2.75) is 25.8 Å². The second-order valence-electron chi connectivity index (χ2n) is 6.93. The molecule has 0 fully saturated rings. The molecule has 1 atom stereocenters. The van der Waals surface area contributed by atoms with Crippen LogP contribution in [0.4, 0.5) is 5.69 Å². The van der Waals surface area contributed by atoms with E-state index in [1.807, 2.05) is 56.3 Å². The minimum Gasteiger partial charge on any atom is -0.505 e. The number of phenols is 1. The van der Waals surface area contributed by atoms with Crippen molar-refractivity contribution in [3.05, 3.63) is 64.8 Å². The summed E-state index contributed by atoms with van der Waals surface area (Å²) in [4.78, 5) is 18.7. The Morgan fingerprint density at radius 3 is 2.61 bits per heavy atom. The Bertz CT molecular complexity index is 987. The van der Waals surface area contributed by atoms with Crippen LogP contribution >= 0.6 is 11.6 Å². The van der Waals surface area contributed by atoms with E-state index in [-0.39, 0.29) is 11.7 Å². The number of hydrogen-bond donors (Lipinski definition) is 2. The summed E-state index contributed by atoms with van der Waals surface area (Å²) in [6, 6.07) is 12.6. The van der Waals surface area contributed by atoms with Gasteiger partial charge in [-0.2, -0.15) is 0 Å². The quantitative estimate of drug-likeness (QED) is 0.634. The third kappa shape index (κ3) is 4.04. The summed E-state index contributed by atoms with van der Waals surface area (Å²) >= 11 is 6.46. The van der Waals surface area contributed by atoms with Gasteiger partial charge in [-0.1, -0.05) is 30.7 Å². The molecule has 0 radical (unpaired) electrons. The molecule has 1 aromatic heterocycles. The van der Waals surface area contributed by atoms with Crippen LogP contribution in [0.25, 0.3) is 10.9 Å². The number of fused-ring (bicyclic) bond motifs is 1. The van der Waals surface area contributed by atoms with Crippen LogP contribution in [0.5, 0.6) is 5.75 Å². The van der Waals surface area contributed by atoms with E-state index in [0.29, 0.717) is 27.9 Å². The highest BCUT2D eigenvalue weighted by molar-refractivity contribution is 6.35. The number of aromatic hydroxyl groups is 1. The Kier molecular flexibility index (Phi) is 6.05. The van der Waals surface area contributed by atoms with E-state index in [2.05, 4.69) is 10.3 Å². The third-order valence-electron chi connectivity index (χ3n) is 4.68. The molecule has 0 saturated heterocycles. The lowest BCUT2D eigenvalue weighted by molar-refractivity contribution is -0.121. The van der Waals surface area contributed by atoms with E-state index in [0.717, 1.165) is 17.7 Å². The Hall–Kier alpha value is -2.79. The number of carbonyl (C=O) groups is 1. The zero-order valence-corrected chi connectivity index (χ0v) is 17.0. The Labute approximate surface area is 170 Å². The lowest BCUT2D eigenvalue weighted by Gasteiger charge is -2.23. The summed E-state index contributed by atoms with van der Waals surface area (Å²) in [5.74, 6) is -0.0562. The Balaban J connectivity index is 2.12. The number of hydrogen-bond acceptors (Lipinski definition) is 4. The lowest BCUT2D eigenvalue weighted by atomic mass is 9.95. The number of halogens is 1. The van der Waals surface area contributed by atoms with E-state index >= 15 is 0 Å². The first-order chi connectivity index (χ1) is 13.4. The van der Waals surface area contributed by atoms with Crippen LogP contribution in [0.15, 0.2) is 48.7 Å². The van der Waals surface area contributed by atoms with Crippen LogP contribution in [0.1, 0.15) is 36.9 Å². The van der Waals surface area contributed by atoms with Gasteiger partial charge in [0.15, 0.2) is 0 Å². The maximum atomic E-state index is 12.4. The van der Waals surface area contributed by atoms with Crippen molar-refractivity contribution in [3.8, 4) is 5.75 Å². The first-order valence-electron chi connectivity index (χ1n) is 9.25. The number of nitrogens with one attached hydrogen (secondary N) is 1. The number of phenolic OH excluding ortho intramolecular Hbond substituents is 1. The third-order valence-corrected chi connectivity index (χ3v) is 4.99.